The van der Waals surface area contributed by atoms with Crippen molar-refractivity contribution < 1.29 is 0 Å². The second-order valence-corrected chi connectivity index (χ2v) is 9.62. The predicted octanol–water partition coefficient (Wildman–Crippen LogP) is 4.25. The maximum atomic E-state index is 13.1. The highest BCUT2D eigenvalue weighted by molar-refractivity contribution is 7.98. The summed E-state index contributed by atoms with van der Waals surface area (Å²) in [4.78, 5) is 39.2. The molecule has 0 aliphatic carbocycles. The van der Waals surface area contributed by atoms with E-state index in [1.807, 2.05) is 39.1 Å². The highest BCUT2D eigenvalue weighted by atomic mass is 32.2. The van der Waals surface area contributed by atoms with E-state index in [0.29, 0.717) is 32.3 Å². The van der Waals surface area contributed by atoms with Gasteiger partial charge in [-0.25, -0.2) is 9.97 Å². The second-order valence-electron chi connectivity index (χ2n) is 6.56. The molecule has 4 aromatic rings. The van der Waals surface area contributed by atoms with E-state index in [1.165, 1.54) is 23.1 Å². The van der Waals surface area contributed by atoms with Crippen molar-refractivity contribution in [1.29, 1.82) is 0 Å². The zero-order valence-corrected chi connectivity index (χ0v) is 17.8. The molecule has 4 aromatic heterocycles. The number of nitrogens with zero attached hydrogens (tertiary/aromatic N) is 3. The maximum absolute atomic E-state index is 13.1. The first kappa shape index (κ1) is 18.4. The quantitative estimate of drug-likeness (QED) is 0.396. The Hall–Kier alpha value is -1.97. The van der Waals surface area contributed by atoms with Gasteiger partial charge in [-0.3, -0.25) is 14.2 Å². The minimum Gasteiger partial charge on any atom is -0.309 e. The van der Waals surface area contributed by atoms with Gasteiger partial charge in [0.1, 0.15) is 15.4 Å². The van der Waals surface area contributed by atoms with Crippen LogP contribution in [0, 0.1) is 13.8 Å². The molecular formula is C18H18N4O2S3. The van der Waals surface area contributed by atoms with Gasteiger partial charge in [0.2, 0.25) is 0 Å². The molecule has 0 aromatic carbocycles. The first-order chi connectivity index (χ1) is 12.9. The highest BCUT2D eigenvalue weighted by Gasteiger charge is 2.19. The van der Waals surface area contributed by atoms with Gasteiger partial charge in [-0.1, -0.05) is 11.8 Å². The molecule has 0 saturated heterocycles. The van der Waals surface area contributed by atoms with Gasteiger partial charge < -0.3 is 4.98 Å². The minimum absolute atomic E-state index is 0.00547. The standard InChI is InChI=1S/C18H18N4O2S3/c1-8(2)22-17(24)13-9(3)10(4)27-16(13)21-18(22)26-7-12-19-11-5-6-25-14(11)15(23)20-12/h5-6,8H,7H2,1-4H3,(H,19,20,23). The third-order valence-corrected chi connectivity index (χ3v) is 7.39. The number of H-pyrrole nitrogens is 1. The van der Waals surface area contributed by atoms with Crippen molar-refractivity contribution in [3.05, 3.63) is 48.4 Å². The van der Waals surface area contributed by atoms with Crippen LogP contribution in [0.5, 0.6) is 0 Å². The lowest BCUT2D eigenvalue weighted by atomic mass is 10.2. The lowest BCUT2D eigenvalue weighted by molar-refractivity contribution is 0.519. The third kappa shape index (κ3) is 3.13. The summed E-state index contributed by atoms with van der Waals surface area (Å²) in [7, 11) is 0. The van der Waals surface area contributed by atoms with Gasteiger partial charge in [-0.2, -0.15) is 0 Å². The topological polar surface area (TPSA) is 80.6 Å². The summed E-state index contributed by atoms with van der Waals surface area (Å²) in [6.45, 7) is 7.94. The molecule has 27 heavy (non-hydrogen) atoms. The van der Waals surface area contributed by atoms with E-state index in [-0.39, 0.29) is 17.2 Å². The smallest absolute Gasteiger partial charge is 0.268 e. The molecule has 0 fully saturated rings. The molecule has 0 unspecified atom stereocenters. The van der Waals surface area contributed by atoms with Crippen LogP contribution in [0.1, 0.15) is 36.2 Å². The van der Waals surface area contributed by atoms with Gasteiger partial charge in [-0.15, -0.1) is 22.7 Å². The highest BCUT2D eigenvalue weighted by Crippen LogP contribution is 2.30. The van der Waals surface area contributed by atoms with E-state index >= 15 is 0 Å². The molecule has 0 spiro atoms. The van der Waals surface area contributed by atoms with Crippen molar-refractivity contribution in [2.45, 2.75) is 44.6 Å². The lowest BCUT2D eigenvalue weighted by Gasteiger charge is -2.15. The molecule has 0 aliphatic rings. The molecule has 9 heteroatoms. The number of hydrogen-bond donors (Lipinski definition) is 1. The Morgan fingerprint density at radius 1 is 1.26 bits per heavy atom. The molecule has 0 atom stereocenters. The van der Waals surface area contributed by atoms with E-state index < -0.39 is 0 Å². The fraction of sp³-hybridized carbons (Fsp3) is 0.333. The van der Waals surface area contributed by atoms with Crippen molar-refractivity contribution in [3.63, 3.8) is 0 Å². The number of nitrogens with one attached hydrogen (secondary N) is 1. The minimum atomic E-state index is -0.125. The summed E-state index contributed by atoms with van der Waals surface area (Å²) >= 11 is 4.35. The summed E-state index contributed by atoms with van der Waals surface area (Å²) < 4.78 is 2.36. The van der Waals surface area contributed by atoms with E-state index in [0.717, 1.165) is 15.3 Å². The van der Waals surface area contributed by atoms with Crippen LogP contribution in [-0.4, -0.2) is 19.5 Å². The van der Waals surface area contributed by atoms with Crippen LogP contribution >= 0.6 is 34.4 Å². The van der Waals surface area contributed by atoms with E-state index in [2.05, 4.69) is 9.97 Å². The van der Waals surface area contributed by atoms with Crippen molar-refractivity contribution >= 4 is 54.9 Å². The number of fused-ring (bicyclic) bond motifs is 2. The van der Waals surface area contributed by atoms with Crippen molar-refractivity contribution in [2.24, 2.45) is 0 Å². The van der Waals surface area contributed by atoms with Gasteiger partial charge in [0.15, 0.2) is 5.16 Å². The van der Waals surface area contributed by atoms with E-state index in [1.54, 1.807) is 15.9 Å². The van der Waals surface area contributed by atoms with Gasteiger partial charge in [0.25, 0.3) is 11.1 Å². The monoisotopic (exact) mass is 418 g/mol. The van der Waals surface area contributed by atoms with Crippen LogP contribution in [0.3, 0.4) is 0 Å². The molecule has 1 N–H and O–H groups in total. The Morgan fingerprint density at radius 2 is 2.04 bits per heavy atom. The summed E-state index contributed by atoms with van der Waals surface area (Å²) in [5, 5.41) is 3.22. The SMILES string of the molecule is Cc1sc2nc(SCc3nc4ccsc4c(=O)[nH]3)n(C(C)C)c(=O)c2c1C. The van der Waals surface area contributed by atoms with Crippen molar-refractivity contribution in [2.75, 3.05) is 0 Å². The molecule has 140 valence electrons. The van der Waals surface area contributed by atoms with Gasteiger partial charge in [0, 0.05) is 10.9 Å². The van der Waals surface area contributed by atoms with E-state index in [9.17, 15) is 9.59 Å². The van der Waals surface area contributed by atoms with Gasteiger partial charge in [-0.05, 0) is 44.7 Å². The van der Waals surface area contributed by atoms with E-state index in [4.69, 9.17) is 4.98 Å². The number of aryl methyl sites for hydroxylation is 2. The number of aromatic nitrogens is 4. The van der Waals surface area contributed by atoms with Crippen LogP contribution < -0.4 is 11.1 Å². The molecule has 0 amide bonds. The maximum Gasteiger partial charge on any atom is 0.268 e. The van der Waals surface area contributed by atoms with Crippen molar-refractivity contribution in [3.8, 4) is 0 Å². The number of hydrogen-bond acceptors (Lipinski definition) is 7. The third-order valence-electron chi connectivity index (χ3n) is 4.42. The Labute approximate surface area is 167 Å². The molecule has 6 nitrogen and oxygen atoms in total. The van der Waals surface area contributed by atoms with Crippen LogP contribution in [0.15, 0.2) is 26.2 Å². The summed E-state index contributed by atoms with van der Waals surface area (Å²) in [5.74, 6) is 1.02. The van der Waals surface area contributed by atoms with Crippen LogP contribution in [-0.2, 0) is 5.75 Å². The summed E-state index contributed by atoms with van der Waals surface area (Å²) in [5.41, 5.74) is 1.58. The van der Waals surface area contributed by atoms with Crippen LogP contribution in [0.2, 0.25) is 0 Å². The van der Waals surface area contributed by atoms with Gasteiger partial charge >= 0.3 is 0 Å². The van der Waals surface area contributed by atoms with Crippen LogP contribution in [0.25, 0.3) is 20.4 Å². The summed E-state index contributed by atoms with van der Waals surface area (Å²) in [6.07, 6.45) is 0. The van der Waals surface area contributed by atoms with Gasteiger partial charge in [0.05, 0.1) is 16.7 Å². The van der Waals surface area contributed by atoms with Crippen LogP contribution in [0.4, 0.5) is 0 Å². The number of aromatic amines is 1. The summed E-state index contributed by atoms with van der Waals surface area (Å²) in [6, 6.07) is 1.83. The fourth-order valence-electron chi connectivity index (χ4n) is 2.97. The fourth-order valence-corrected chi connectivity index (χ4v) is 5.76. The molecular weight excluding hydrogens is 400 g/mol. The molecule has 4 heterocycles. The number of thiophene rings is 2. The second kappa shape index (κ2) is 6.88. The zero-order valence-electron chi connectivity index (χ0n) is 15.3. The normalized spacial score (nSPS) is 11.9. The Balaban J connectivity index is 1.77. The molecule has 0 radical (unpaired) electrons. The molecule has 0 aliphatic heterocycles. The van der Waals surface area contributed by atoms with Crippen molar-refractivity contribution in [1.82, 2.24) is 19.5 Å². The Morgan fingerprint density at radius 3 is 2.78 bits per heavy atom. The predicted molar refractivity (Wildman–Crippen MR) is 114 cm³/mol. The number of thioether (sulfide) groups is 1. The molecule has 0 saturated carbocycles. The Bertz CT molecular complexity index is 1280. The zero-order chi connectivity index (χ0) is 19.3. The average Bonchev–Trinajstić information content (AvgIpc) is 3.18. The number of rotatable bonds is 4. The first-order valence-electron chi connectivity index (χ1n) is 8.48. The first-order valence-corrected chi connectivity index (χ1v) is 11.2. The lowest BCUT2D eigenvalue weighted by Crippen LogP contribution is -2.25. The molecule has 4 rings (SSSR count). The molecule has 0 bridgehead atoms. The Kier molecular flexibility index (Phi) is 4.69. The largest absolute Gasteiger partial charge is 0.309 e. The average molecular weight is 419 g/mol.